The second kappa shape index (κ2) is 11.2. The Balaban J connectivity index is 1.68. The van der Waals surface area contributed by atoms with Crippen molar-refractivity contribution < 1.29 is 30.4 Å². The first kappa shape index (κ1) is 29.2. The predicted molar refractivity (Wildman–Crippen MR) is 158 cm³/mol. The molecule has 8 nitrogen and oxygen atoms in total. The minimum absolute atomic E-state index is 0.125. The zero-order chi connectivity index (χ0) is 30.2. The Labute approximate surface area is 242 Å². The van der Waals surface area contributed by atoms with Crippen LogP contribution in [-0.2, 0) is 25.8 Å². The van der Waals surface area contributed by atoms with E-state index in [0.717, 1.165) is 16.1 Å². The summed E-state index contributed by atoms with van der Waals surface area (Å²) in [4.78, 5) is 4.50. The molecular weight excluding hydrogens is 584 g/mol. The van der Waals surface area contributed by atoms with Gasteiger partial charge in [-0.2, -0.15) is 0 Å². The third kappa shape index (κ3) is 6.00. The topological polar surface area (TPSA) is 107 Å². The van der Waals surface area contributed by atoms with Gasteiger partial charge in [0.1, 0.15) is 11.6 Å². The molecular formula is C30H27F2N3O5S2. The minimum Gasteiger partial charge on any atom is -0.454 e. The Morgan fingerprint density at radius 2 is 1.60 bits per heavy atom. The van der Waals surface area contributed by atoms with Gasteiger partial charge < -0.3 is 4.74 Å². The number of fused-ring (bicyclic) bond motifs is 1. The number of halogens is 2. The largest absolute Gasteiger partial charge is 0.454 e. The van der Waals surface area contributed by atoms with Crippen LogP contribution in [0, 0.1) is 18.6 Å². The Bertz CT molecular complexity index is 2010. The summed E-state index contributed by atoms with van der Waals surface area (Å²) in [6.45, 7) is 4.76. The van der Waals surface area contributed by atoms with Crippen molar-refractivity contribution in [2.75, 3.05) is 4.72 Å². The highest BCUT2D eigenvalue weighted by atomic mass is 32.2. The number of anilines is 1. The van der Waals surface area contributed by atoms with E-state index >= 15 is 0 Å². The van der Waals surface area contributed by atoms with E-state index in [1.54, 1.807) is 49.4 Å². The monoisotopic (exact) mass is 611 g/mol. The number of nitrogens with one attached hydrogen (secondary N) is 1. The molecule has 0 aliphatic carbocycles. The van der Waals surface area contributed by atoms with Crippen LogP contribution in [-0.4, -0.2) is 31.0 Å². The molecule has 0 amide bonds. The van der Waals surface area contributed by atoms with Gasteiger partial charge in [0, 0.05) is 34.6 Å². The van der Waals surface area contributed by atoms with Crippen molar-refractivity contribution in [2.45, 2.75) is 31.8 Å². The molecule has 3 aromatic carbocycles. The lowest BCUT2D eigenvalue weighted by Gasteiger charge is -2.17. The van der Waals surface area contributed by atoms with E-state index in [-0.39, 0.29) is 28.6 Å². The van der Waals surface area contributed by atoms with Gasteiger partial charge in [0.2, 0.25) is 20.0 Å². The van der Waals surface area contributed by atoms with Crippen LogP contribution in [0.2, 0.25) is 0 Å². The van der Waals surface area contributed by atoms with E-state index in [2.05, 4.69) is 9.71 Å². The minimum atomic E-state index is -3.88. The summed E-state index contributed by atoms with van der Waals surface area (Å²) >= 11 is 0. The SMILES string of the molecule is Cc1cc(-c2cc(NS(=O)(=O)C(C)C)ccc2Oc2ccc(F)cc2F)c2ccn(S(=O)(=O)Cc3ccccc3)c2n1. The predicted octanol–water partition coefficient (Wildman–Crippen LogP) is 6.61. The molecule has 5 aromatic rings. The van der Waals surface area contributed by atoms with Gasteiger partial charge in [-0.1, -0.05) is 30.3 Å². The fourth-order valence-electron chi connectivity index (χ4n) is 4.36. The Morgan fingerprint density at radius 1 is 0.881 bits per heavy atom. The first-order chi connectivity index (χ1) is 19.8. The van der Waals surface area contributed by atoms with Crippen LogP contribution in [0.4, 0.5) is 14.5 Å². The van der Waals surface area contributed by atoms with Crippen LogP contribution in [0.3, 0.4) is 0 Å². The molecule has 0 atom stereocenters. The van der Waals surface area contributed by atoms with Crippen molar-refractivity contribution in [2.24, 2.45) is 0 Å². The maximum Gasteiger partial charge on any atom is 0.244 e. The summed E-state index contributed by atoms with van der Waals surface area (Å²) in [6, 6.07) is 19.3. The Morgan fingerprint density at radius 3 is 2.29 bits per heavy atom. The zero-order valence-electron chi connectivity index (χ0n) is 22.9. The zero-order valence-corrected chi connectivity index (χ0v) is 24.5. The van der Waals surface area contributed by atoms with Gasteiger partial charge in [0.15, 0.2) is 17.2 Å². The maximum atomic E-state index is 14.6. The number of aromatic nitrogens is 2. The van der Waals surface area contributed by atoms with Crippen molar-refractivity contribution in [3.63, 3.8) is 0 Å². The fourth-order valence-corrected chi connectivity index (χ4v) is 6.46. The molecule has 0 fully saturated rings. The van der Waals surface area contributed by atoms with Gasteiger partial charge in [-0.05, 0) is 74.4 Å². The van der Waals surface area contributed by atoms with Crippen LogP contribution in [0.1, 0.15) is 25.1 Å². The lowest BCUT2D eigenvalue weighted by Crippen LogP contribution is -2.22. The molecule has 218 valence electrons. The molecule has 0 radical (unpaired) electrons. The number of hydrogen-bond donors (Lipinski definition) is 1. The maximum absolute atomic E-state index is 14.6. The van der Waals surface area contributed by atoms with Gasteiger partial charge >= 0.3 is 0 Å². The molecule has 2 aromatic heterocycles. The van der Waals surface area contributed by atoms with E-state index in [1.165, 1.54) is 38.2 Å². The summed E-state index contributed by atoms with van der Waals surface area (Å²) in [6.07, 6.45) is 1.41. The van der Waals surface area contributed by atoms with Crippen molar-refractivity contribution in [1.29, 1.82) is 0 Å². The van der Waals surface area contributed by atoms with E-state index in [4.69, 9.17) is 4.74 Å². The van der Waals surface area contributed by atoms with Crippen LogP contribution < -0.4 is 9.46 Å². The van der Waals surface area contributed by atoms with Gasteiger partial charge in [-0.25, -0.2) is 34.6 Å². The molecule has 0 saturated heterocycles. The molecule has 2 heterocycles. The first-order valence-corrected chi connectivity index (χ1v) is 16.0. The molecule has 0 bridgehead atoms. The average Bonchev–Trinajstić information content (AvgIpc) is 3.35. The summed E-state index contributed by atoms with van der Waals surface area (Å²) in [5, 5.41) is -0.283. The summed E-state index contributed by atoms with van der Waals surface area (Å²) in [7, 11) is -7.59. The molecule has 0 aliphatic rings. The Hall–Kier alpha value is -4.29. The number of aryl methyl sites for hydroxylation is 1. The van der Waals surface area contributed by atoms with E-state index < -0.39 is 36.9 Å². The standard InChI is InChI=1S/C30H27F2N3O5S2/c1-19(2)42(38,39)34-23-10-12-28(40-29-11-9-22(31)16-27(29)32)26(17-23)25-15-20(3)33-30-24(25)13-14-35(30)41(36,37)18-21-7-5-4-6-8-21/h4-17,19,34H,18H2,1-3H3. The molecule has 5 rings (SSSR count). The highest BCUT2D eigenvalue weighted by Gasteiger charge is 2.23. The third-order valence-corrected chi connectivity index (χ3v) is 9.86. The van der Waals surface area contributed by atoms with Crippen LogP contribution in [0.5, 0.6) is 11.5 Å². The molecule has 12 heteroatoms. The van der Waals surface area contributed by atoms with Crippen LogP contribution in [0.25, 0.3) is 22.2 Å². The Kier molecular flexibility index (Phi) is 7.78. The highest BCUT2D eigenvalue weighted by Crippen LogP contribution is 2.40. The molecule has 1 N–H and O–H groups in total. The van der Waals surface area contributed by atoms with Gasteiger partial charge in [-0.3, -0.25) is 4.72 Å². The summed E-state index contributed by atoms with van der Waals surface area (Å²) in [5.41, 5.74) is 2.25. The van der Waals surface area contributed by atoms with E-state index in [0.29, 0.717) is 33.8 Å². The van der Waals surface area contributed by atoms with E-state index in [9.17, 15) is 25.6 Å². The van der Waals surface area contributed by atoms with Crippen molar-refractivity contribution in [1.82, 2.24) is 8.96 Å². The molecule has 0 spiro atoms. The lowest BCUT2D eigenvalue weighted by atomic mass is 10.0. The fraction of sp³-hybridized carbons (Fsp3) is 0.167. The van der Waals surface area contributed by atoms with Crippen molar-refractivity contribution in [3.8, 4) is 22.6 Å². The molecule has 0 aliphatic heterocycles. The van der Waals surface area contributed by atoms with Crippen LogP contribution in [0.15, 0.2) is 85.1 Å². The molecule has 0 unspecified atom stereocenters. The highest BCUT2D eigenvalue weighted by molar-refractivity contribution is 7.93. The number of sulfonamides is 1. The average molecular weight is 612 g/mol. The van der Waals surface area contributed by atoms with Gasteiger partial charge in [-0.15, -0.1) is 0 Å². The van der Waals surface area contributed by atoms with E-state index in [1.807, 2.05) is 0 Å². The number of nitrogens with zero attached hydrogens (tertiary/aromatic N) is 2. The molecule has 42 heavy (non-hydrogen) atoms. The normalized spacial score (nSPS) is 12.1. The smallest absolute Gasteiger partial charge is 0.244 e. The van der Waals surface area contributed by atoms with Crippen LogP contribution >= 0.6 is 0 Å². The summed E-state index contributed by atoms with van der Waals surface area (Å²) in [5.74, 6) is -2.09. The second-order valence-corrected chi connectivity index (χ2v) is 14.1. The third-order valence-electron chi connectivity index (χ3n) is 6.51. The number of rotatable bonds is 9. The number of ether oxygens (including phenoxy) is 1. The van der Waals surface area contributed by atoms with Gasteiger partial charge in [0.05, 0.1) is 11.0 Å². The second-order valence-electron chi connectivity index (χ2n) is 9.99. The lowest BCUT2D eigenvalue weighted by molar-refractivity contribution is 0.439. The van der Waals surface area contributed by atoms with Gasteiger partial charge in [0.25, 0.3) is 0 Å². The number of benzene rings is 3. The number of pyridine rings is 1. The van der Waals surface area contributed by atoms with Crippen molar-refractivity contribution in [3.05, 3.63) is 108 Å². The first-order valence-electron chi connectivity index (χ1n) is 12.9. The number of hydrogen-bond acceptors (Lipinski definition) is 6. The quantitative estimate of drug-likeness (QED) is 0.201. The molecule has 0 saturated carbocycles. The summed E-state index contributed by atoms with van der Waals surface area (Å²) < 4.78 is 89.7. The van der Waals surface area contributed by atoms with Crippen molar-refractivity contribution >= 4 is 36.8 Å².